The van der Waals surface area contributed by atoms with Crippen LogP contribution >= 0.6 is 11.6 Å². The second kappa shape index (κ2) is 5.64. The minimum atomic E-state index is -0.379. The molecule has 0 atom stereocenters. The first-order chi connectivity index (χ1) is 13.5. The number of fused-ring (bicyclic) bond motifs is 6. The lowest BCUT2D eigenvalue weighted by atomic mass is 9.84. The van der Waals surface area contributed by atoms with Crippen LogP contribution in [0, 0.1) is 5.82 Å². The fourth-order valence-electron chi connectivity index (χ4n) is 4.44. The van der Waals surface area contributed by atoms with E-state index in [0.29, 0.717) is 0 Å². The number of aromatic nitrogens is 1. The van der Waals surface area contributed by atoms with Gasteiger partial charge in [-0.15, -0.1) is 0 Å². The van der Waals surface area contributed by atoms with Crippen molar-refractivity contribution in [1.29, 1.82) is 0 Å². The van der Waals surface area contributed by atoms with Crippen LogP contribution < -0.4 is 0 Å². The lowest BCUT2D eigenvalue weighted by Gasteiger charge is -2.20. The van der Waals surface area contributed by atoms with Crippen molar-refractivity contribution in [3.8, 4) is 0 Å². The van der Waals surface area contributed by atoms with Gasteiger partial charge in [0.25, 0.3) is 0 Å². The molecule has 0 spiro atoms. The molecule has 3 aromatic carbocycles. The Morgan fingerprint density at radius 2 is 1.24 bits per heavy atom. The molecule has 3 heteroatoms. The maximum atomic E-state index is 14.4. The predicted octanol–water partition coefficient (Wildman–Crippen LogP) is 8.22. The van der Waals surface area contributed by atoms with Crippen LogP contribution in [0.1, 0.15) is 52.7 Å². The summed E-state index contributed by atoms with van der Waals surface area (Å²) in [5.74, 6) is -0.379. The summed E-state index contributed by atoms with van der Waals surface area (Å²) < 4.78 is 16.6. The summed E-state index contributed by atoms with van der Waals surface area (Å²) in [5.41, 5.74) is 5.78. The van der Waals surface area contributed by atoms with Crippen LogP contribution in [0.2, 0.25) is 5.02 Å². The number of hydrogen-bond acceptors (Lipinski definition) is 0. The minimum Gasteiger partial charge on any atom is -0.308 e. The number of nitrogens with zero attached hydrogens (tertiary/aromatic N) is 1. The molecular formula is C26H25ClFN. The van der Waals surface area contributed by atoms with Crippen LogP contribution in [0.15, 0.2) is 42.5 Å². The summed E-state index contributed by atoms with van der Waals surface area (Å²) in [6.45, 7) is 13.4. The van der Waals surface area contributed by atoms with Crippen molar-refractivity contribution >= 4 is 49.7 Å². The molecule has 0 aliphatic carbocycles. The van der Waals surface area contributed by atoms with E-state index >= 15 is 0 Å². The van der Waals surface area contributed by atoms with Gasteiger partial charge in [0.2, 0.25) is 0 Å². The molecule has 0 bridgehead atoms. The Balaban J connectivity index is 2.07. The fraction of sp³-hybridized carbons (Fsp3) is 0.308. The quantitative estimate of drug-likeness (QED) is 0.244. The third-order valence-electron chi connectivity index (χ3n) is 6.16. The summed E-state index contributed by atoms with van der Waals surface area (Å²) >= 11 is 6.17. The maximum absolute atomic E-state index is 14.4. The molecule has 1 nitrogen and oxygen atoms in total. The van der Waals surface area contributed by atoms with Crippen molar-refractivity contribution in [2.75, 3.05) is 0 Å². The van der Waals surface area contributed by atoms with Gasteiger partial charge in [-0.2, -0.15) is 0 Å². The summed E-state index contributed by atoms with van der Waals surface area (Å²) in [7, 11) is 0. The van der Waals surface area contributed by atoms with Gasteiger partial charge in [-0.05, 0) is 52.3 Å². The molecule has 0 fully saturated rings. The van der Waals surface area contributed by atoms with E-state index in [4.69, 9.17) is 11.6 Å². The van der Waals surface area contributed by atoms with E-state index in [2.05, 4.69) is 76.3 Å². The molecule has 0 saturated heterocycles. The zero-order valence-corrected chi connectivity index (χ0v) is 18.5. The zero-order chi connectivity index (χ0) is 20.9. The van der Waals surface area contributed by atoms with Gasteiger partial charge in [0.1, 0.15) is 5.82 Å². The highest BCUT2D eigenvalue weighted by molar-refractivity contribution is 6.32. The summed E-state index contributed by atoms with van der Waals surface area (Å²) in [5, 5.41) is 4.76. The Kier molecular flexibility index (Phi) is 3.63. The third-order valence-corrected chi connectivity index (χ3v) is 6.45. The first-order valence-electron chi connectivity index (χ1n) is 10.1. The molecule has 2 heterocycles. The fourth-order valence-corrected chi connectivity index (χ4v) is 4.60. The van der Waals surface area contributed by atoms with Gasteiger partial charge in [0.05, 0.1) is 21.6 Å². The van der Waals surface area contributed by atoms with Gasteiger partial charge in [-0.1, -0.05) is 59.2 Å². The molecule has 0 unspecified atom stereocenters. The van der Waals surface area contributed by atoms with Crippen LogP contribution in [-0.2, 0) is 10.8 Å². The summed E-state index contributed by atoms with van der Waals surface area (Å²) in [6, 6.07) is 14.6. The zero-order valence-electron chi connectivity index (χ0n) is 17.7. The van der Waals surface area contributed by atoms with Crippen molar-refractivity contribution in [1.82, 2.24) is 4.40 Å². The molecule has 0 aliphatic heterocycles. The van der Waals surface area contributed by atoms with Gasteiger partial charge in [-0.3, -0.25) is 0 Å². The van der Waals surface area contributed by atoms with Gasteiger partial charge in [-0.25, -0.2) is 4.39 Å². The van der Waals surface area contributed by atoms with Gasteiger partial charge >= 0.3 is 0 Å². The predicted molar refractivity (Wildman–Crippen MR) is 123 cm³/mol. The van der Waals surface area contributed by atoms with Crippen molar-refractivity contribution < 1.29 is 4.39 Å². The molecule has 2 aromatic heterocycles. The highest BCUT2D eigenvalue weighted by atomic mass is 35.5. The average molecular weight is 406 g/mol. The van der Waals surface area contributed by atoms with E-state index in [1.165, 1.54) is 21.9 Å². The van der Waals surface area contributed by atoms with Gasteiger partial charge in [0.15, 0.2) is 0 Å². The number of halogens is 2. The van der Waals surface area contributed by atoms with E-state index in [1.54, 1.807) is 12.1 Å². The third kappa shape index (κ3) is 2.58. The minimum absolute atomic E-state index is 0.00727. The van der Waals surface area contributed by atoms with Crippen LogP contribution in [0.4, 0.5) is 4.39 Å². The maximum Gasteiger partial charge on any atom is 0.143 e. The molecular weight excluding hydrogens is 381 g/mol. The van der Waals surface area contributed by atoms with E-state index in [0.717, 1.165) is 27.3 Å². The monoisotopic (exact) mass is 405 g/mol. The van der Waals surface area contributed by atoms with E-state index in [-0.39, 0.29) is 21.7 Å². The first kappa shape index (κ1) is 18.7. The van der Waals surface area contributed by atoms with E-state index < -0.39 is 0 Å². The van der Waals surface area contributed by atoms with Crippen molar-refractivity contribution in [2.45, 2.75) is 52.4 Å². The van der Waals surface area contributed by atoms with Crippen LogP contribution in [0.5, 0.6) is 0 Å². The number of hydrogen-bond donors (Lipinski definition) is 0. The lowest BCUT2D eigenvalue weighted by molar-refractivity contribution is 0.590. The van der Waals surface area contributed by atoms with Crippen LogP contribution in [-0.4, -0.2) is 4.40 Å². The van der Waals surface area contributed by atoms with Gasteiger partial charge < -0.3 is 4.40 Å². The van der Waals surface area contributed by atoms with Crippen LogP contribution in [0.3, 0.4) is 0 Å². The Morgan fingerprint density at radius 3 is 1.83 bits per heavy atom. The van der Waals surface area contributed by atoms with E-state index in [9.17, 15) is 4.39 Å². The number of rotatable bonds is 0. The highest BCUT2D eigenvalue weighted by Gasteiger charge is 2.24. The topological polar surface area (TPSA) is 4.41 Å². The van der Waals surface area contributed by atoms with Gasteiger partial charge in [0, 0.05) is 27.6 Å². The molecule has 148 valence electrons. The highest BCUT2D eigenvalue weighted by Crippen LogP contribution is 2.43. The molecule has 0 saturated carbocycles. The molecule has 0 aliphatic rings. The Bertz CT molecular complexity index is 1430. The molecule has 0 amide bonds. The standard InChI is InChI=1S/C26H25ClFN/c1-25(2,3)14-7-8-22-16(9-14)18-10-15(26(4,5)6)11-19-17-12-20(27)21(28)13-23(17)29(22)24(18)19/h7-13H,1-6H3. The normalized spacial score (nSPS) is 13.5. The average Bonchev–Trinajstić information content (AvgIpc) is 3.11. The molecule has 5 aromatic rings. The summed E-state index contributed by atoms with van der Waals surface area (Å²) in [4.78, 5) is 0. The molecule has 0 N–H and O–H groups in total. The van der Waals surface area contributed by atoms with Crippen LogP contribution in [0.25, 0.3) is 38.1 Å². The molecule has 5 rings (SSSR count). The molecule has 29 heavy (non-hydrogen) atoms. The second-order valence-electron chi connectivity index (χ2n) is 10.3. The number of benzene rings is 3. The second-order valence-corrected chi connectivity index (χ2v) is 10.7. The Morgan fingerprint density at radius 1 is 0.690 bits per heavy atom. The largest absolute Gasteiger partial charge is 0.308 e. The Hall–Kier alpha value is -2.32. The van der Waals surface area contributed by atoms with Crippen molar-refractivity contribution in [3.63, 3.8) is 0 Å². The molecule has 0 radical (unpaired) electrons. The smallest absolute Gasteiger partial charge is 0.143 e. The lowest BCUT2D eigenvalue weighted by Crippen LogP contribution is -2.11. The van der Waals surface area contributed by atoms with Crippen molar-refractivity contribution in [2.24, 2.45) is 0 Å². The van der Waals surface area contributed by atoms with Crippen molar-refractivity contribution in [3.05, 3.63) is 64.4 Å². The first-order valence-corrected chi connectivity index (χ1v) is 10.5. The Labute approximate surface area is 175 Å². The summed E-state index contributed by atoms with van der Waals surface area (Å²) in [6.07, 6.45) is 0. The SMILES string of the molecule is CC(C)(C)c1ccc2c(c1)c1cc(C(C)(C)C)cc3c4cc(Cl)c(F)cc4n2c13. The van der Waals surface area contributed by atoms with E-state index in [1.807, 2.05) is 0 Å².